The molecule has 1 atom stereocenters. The monoisotopic (exact) mass is 277 g/mol. The second-order valence-electron chi connectivity index (χ2n) is 6.87. The number of hydrogen-bond donors (Lipinski definition) is 2. The van der Waals surface area contributed by atoms with Crippen LogP contribution in [0.5, 0.6) is 5.75 Å². The lowest BCUT2D eigenvalue weighted by atomic mass is 9.89. The van der Waals surface area contributed by atoms with Crippen molar-refractivity contribution in [1.82, 2.24) is 5.32 Å². The van der Waals surface area contributed by atoms with E-state index in [0.717, 1.165) is 30.4 Å². The van der Waals surface area contributed by atoms with Crippen molar-refractivity contribution in [2.45, 2.75) is 46.3 Å². The second kappa shape index (κ2) is 6.59. The maximum Gasteiger partial charge on any atom is 0.123 e. The molecule has 1 saturated carbocycles. The molecular weight excluding hydrogens is 250 g/mol. The summed E-state index contributed by atoms with van der Waals surface area (Å²) < 4.78 is 5.88. The summed E-state index contributed by atoms with van der Waals surface area (Å²) in [7, 11) is 0. The van der Waals surface area contributed by atoms with Crippen LogP contribution in [0.15, 0.2) is 24.3 Å². The van der Waals surface area contributed by atoms with E-state index in [2.05, 4.69) is 11.4 Å². The summed E-state index contributed by atoms with van der Waals surface area (Å²) in [6, 6.07) is 8.15. The van der Waals surface area contributed by atoms with Crippen LogP contribution in [0.4, 0.5) is 0 Å². The van der Waals surface area contributed by atoms with Gasteiger partial charge in [-0.05, 0) is 30.2 Å². The Labute approximate surface area is 122 Å². The lowest BCUT2D eigenvalue weighted by molar-refractivity contribution is 0.0627. The van der Waals surface area contributed by atoms with E-state index in [9.17, 15) is 5.11 Å². The zero-order chi connectivity index (χ0) is 14.6. The van der Waals surface area contributed by atoms with E-state index in [-0.39, 0.29) is 11.5 Å². The molecule has 3 heteroatoms. The predicted octanol–water partition coefficient (Wildman–Crippen LogP) is 2.97. The molecule has 20 heavy (non-hydrogen) atoms. The van der Waals surface area contributed by atoms with E-state index in [1.165, 1.54) is 12.8 Å². The van der Waals surface area contributed by atoms with Gasteiger partial charge in [0.25, 0.3) is 0 Å². The Morgan fingerprint density at radius 2 is 2.00 bits per heavy atom. The van der Waals surface area contributed by atoms with Crippen molar-refractivity contribution in [3.8, 4) is 5.75 Å². The molecule has 0 spiro atoms. The Morgan fingerprint density at radius 1 is 1.30 bits per heavy atom. The topological polar surface area (TPSA) is 41.5 Å². The van der Waals surface area contributed by atoms with Gasteiger partial charge in [0.2, 0.25) is 0 Å². The van der Waals surface area contributed by atoms with E-state index < -0.39 is 0 Å². The third-order valence-electron chi connectivity index (χ3n) is 3.80. The van der Waals surface area contributed by atoms with Crippen LogP contribution in [0.3, 0.4) is 0 Å². The molecule has 0 radical (unpaired) electrons. The molecule has 1 aliphatic rings. The zero-order valence-electron chi connectivity index (χ0n) is 12.9. The first-order valence-corrected chi connectivity index (χ1v) is 7.56. The van der Waals surface area contributed by atoms with Gasteiger partial charge < -0.3 is 15.2 Å². The van der Waals surface area contributed by atoms with Gasteiger partial charge >= 0.3 is 0 Å². The van der Waals surface area contributed by atoms with Crippen LogP contribution >= 0.6 is 0 Å². The average Bonchev–Trinajstić information content (AvgIpc) is 3.20. The fourth-order valence-electron chi connectivity index (χ4n) is 1.93. The van der Waals surface area contributed by atoms with Crippen LogP contribution in [0, 0.1) is 11.3 Å². The lowest BCUT2D eigenvalue weighted by Crippen LogP contribution is -2.36. The largest absolute Gasteiger partial charge is 0.493 e. The smallest absolute Gasteiger partial charge is 0.123 e. The minimum absolute atomic E-state index is 0.0883. The number of benzene rings is 1. The lowest BCUT2D eigenvalue weighted by Gasteiger charge is -2.26. The molecule has 0 aliphatic heterocycles. The molecule has 3 nitrogen and oxygen atoms in total. The maximum absolute atomic E-state index is 10.0. The number of nitrogens with one attached hydrogen (secondary N) is 1. The first kappa shape index (κ1) is 15.3. The Kier molecular flexibility index (Phi) is 5.06. The highest BCUT2D eigenvalue weighted by Crippen LogP contribution is 2.30. The van der Waals surface area contributed by atoms with Crippen molar-refractivity contribution in [3.63, 3.8) is 0 Å². The number of hydrogen-bond acceptors (Lipinski definition) is 3. The van der Waals surface area contributed by atoms with Gasteiger partial charge in [-0.15, -0.1) is 0 Å². The van der Waals surface area contributed by atoms with Gasteiger partial charge in [0, 0.05) is 18.7 Å². The van der Waals surface area contributed by atoms with Crippen molar-refractivity contribution in [2.75, 3.05) is 13.2 Å². The number of para-hydroxylation sites is 1. The van der Waals surface area contributed by atoms with Crippen LogP contribution in [-0.4, -0.2) is 24.4 Å². The molecule has 1 aliphatic carbocycles. The zero-order valence-corrected chi connectivity index (χ0v) is 12.9. The molecule has 112 valence electrons. The number of rotatable bonds is 7. The van der Waals surface area contributed by atoms with E-state index in [0.29, 0.717) is 6.54 Å². The molecule has 2 rings (SSSR count). The van der Waals surface area contributed by atoms with E-state index >= 15 is 0 Å². The molecule has 1 fully saturated rings. The highest BCUT2D eigenvalue weighted by molar-refractivity contribution is 5.33. The van der Waals surface area contributed by atoms with Crippen molar-refractivity contribution in [3.05, 3.63) is 29.8 Å². The van der Waals surface area contributed by atoms with Gasteiger partial charge in [-0.3, -0.25) is 0 Å². The summed E-state index contributed by atoms with van der Waals surface area (Å²) >= 11 is 0. The molecule has 2 N–H and O–H groups in total. The summed E-state index contributed by atoms with van der Waals surface area (Å²) in [5.74, 6) is 1.73. The van der Waals surface area contributed by atoms with Gasteiger partial charge in [-0.1, -0.05) is 39.0 Å². The Morgan fingerprint density at radius 3 is 2.65 bits per heavy atom. The van der Waals surface area contributed by atoms with Crippen LogP contribution in [0.25, 0.3) is 0 Å². The summed E-state index contributed by atoms with van der Waals surface area (Å²) in [5.41, 5.74) is 1.07. The van der Waals surface area contributed by atoms with Crippen LogP contribution < -0.4 is 10.1 Å². The standard InChI is InChI=1S/C17H27NO2/c1-17(2,3)16(19)11-18-10-14-6-4-5-7-15(14)20-12-13-8-9-13/h4-7,13,16,18-19H,8-12H2,1-3H3. The Bertz CT molecular complexity index is 421. The molecule has 0 amide bonds. The number of ether oxygens (including phenoxy) is 1. The minimum Gasteiger partial charge on any atom is -0.493 e. The molecular formula is C17H27NO2. The van der Waals surface area contributed by atoms with Crippen LogP contribution in [0.2, 0.25) is 0 Å². The van der Waals surface area contributed by atoms with Gasteiger partial charge in [-0.2, -0.15) is 0 Å². The number of aliphatic hydroxyl groups is 1. The third-order valence-corrected chi connectivity index (χ3v) is 3.80. The van der Waals surface area contributed by atoms with Gasteiger partial charge in [-0.25, -0.2) is 0 Å². The van der Waals surface area contributed by atoms with Crippen molar-refractivity contribution in [1.29, 1.82) is 0 Å². The van der Waals surface area contributed by atoms with Crippen molar-refractivity contribution in [2.24, 2.45) is 11.3 Å². The molecule has 0 heterocycles. The summed E-state index contributed by atoms with van der Waals surface area (Å²) in [4.78, 5) is 0. The van der Waals surface area contributed by atoms with Crippen molar-refractivity contribution < 1.29 is 9.84 Å². The fourth-order valence-corrected chi connectivity index (χ4v) is 1.93. The van der Waals surface area contributed by atoms with Gasteiger partial charge in [0.05, 0.1) is 12.7 Å². The molecule has 0 bridgehead atoms. The van der Waals surface area contributed by atoms with Crippen LogP contribution in [0.1, 0.15) is 39.2 Å². The van der Waals surface area contributed by atoms with E-state index in [1.807, 2.05) is 39.0 Å². The predicted molar refractivity (Wildman–Crippen MR) is 81.8 cm³/mol. The van der Waals surface area contributed by atoms with E-state index in [1.54, 1.807) is 0 Å². The maximum atomic E-state index is 10.0. The molecule has 1 unspecified atom stereocenters. The quantitative estimate of drug-likeness (QED) is 0.805. The third kappa shape index (κ3) is 4.80. The average molecular weight is 277 g/mol. The van der Waals surface area contributed by atoms with Crippen molar-refractivity contribution >= 4 is 0 Å². The SMILES string of the molecule is CC(C)(C)C(O)CNCc1ccccc1OCC1CC1. The Balaban J connectivity index is 1.82. The van der Waals surface area contributed by atoms with Gasteiger partial charge in [0.1, 0.15) is 5.75 Å². The van der Waals surface area contributed by atoms with Crippen LogP contribution in [-0.2, 0) is 6.54 Å². The Hall–Kier alpha value is -1.06. The summed E-state index contributed by atoms with van der Waals surface area (Å²) in [6.07, 6.45) is 2.26. The first-order valence-electron chi connectivity index (χ1n) is 7.56. The second-order valence-corrected chi connectivity index (χ2v) is 6.87. The minimum atomic E-state index is -0.345. The highest BCUT2D eigenvalue weighted by atomic mass is 16.5. The summed E-state index contributed by atoms with van der Waals surface area (Å²) in [5, 5.41) is 13.3. The van der Waals surface area contributed by atoms with E-state index in [4.69, 9.17) is 4.74 Å². The molecule has 1 aromatic rings. The first-order chi connectivity index (χ1) is 9.47. The normalized spacial score (nSPS) is 17.0. The summed E-state index contributed by atoms with van der Waals surface area (Å²) in [6.45, 7) is 8.31. The molecule has 0 aromatic heterocycles. The van der Waals surface area contributed by atoms with Gasteiger partial charge in [0.15, 0.2) is 0 Å². The molecule has 1 aromatic carbocycles. The molecule has 0 saturated heterocycles. The highest BCUT2D eigenvalue weighted by Gasteiger charge is 2.23. The fraction of sp³-hybridized carbons (Fsp3) is 0.647. The number of aliphatic hydroxyl groups excluding tert-OH is 1.